The van der Waals surface area contributed by atoms with E-state index in [1.54, 1.807) is 0 Å². The molecule has 0 amide bonds. The second-order valence-corrected chi connectivity index (χ2v) is 12.2. The minimum absolute atomic E-state index is 0.437. The van der Waals surface area contributed by atoms with E-state index in [1.807, 2.05) is 0 Å². The molecule has 0 radical (unpaired) electrons. The van der Waals surface area contributed by atoms with Crippen molar-refractivity contribution in [3.8, 4) is 0 Å². The van der Waals surface area contributed by atoms with Crippen LogP contribution in [0.1, 0.15) is 11.1 Å². The molecule has 2 unspecified atom stereocenters. The molecule has 0 aliphatic carbocycles. The third-order valence-electron chi connectivity index (χ3n) is 6.15. The molecule has 3 aromatic rings. The van der Waals surface area contributed by atoms with Gasteiger partial charge in [-0.1, -0.05) is 85.4 Å². The van der Waals surface area contributed by atoms with E-state index in [0.29, 0.717) is 12.2 Å². The van der Waals surface area contributed by atoms with Crippen molar-refractivity contribution in [2.75, 3.05) is 13.2 Å². The number of hydrogen-bond acceptors (Lipinski definition) is 2. The lowest BCUT2D eigenvalue weighted by Crippen LogP contribution is -2.64. The van der Waals surface area contributed by atoms with Crippen molar-refractivity contribution in [3.05, 3.63) is 90.0 Å². The molecule has 3 heteroatoms. The van der Waals surface area contributed by atoms with Gasteiger partial charge in [-0.05, 0) is 26.7 Å². The summed E-state index contributed by atoms with van der Waals surface area (Å²) in [6.07, 6.45) is 2.93. The zero-order chi connectivity index (χ0) is 19.0. The van der Waals surface area contributed by atoms with E-state index in [2.05, 4.69) is 85.4 Å². The predicted molar refractivity (Wildman–Crippen MR) is 117 cm³/mol. The van der Waals surface area contributed by atoms with Crippen LogP contribution in [-0.4, -0.2) is 33.5 Å². The lowest BCUT2D eigenvalue weighted by molar-refractivity contribution is 0.407. The summed E-state index contributed by atoms with van der Waals surface area (Å²) in [4.78, 5) is 0. The van der Waals surface area contributed by atoms with E-state index in [9.17, 15) is 0 Å². The first-order valence-electron chi connectivity index (χ1n) is 10.2. The summed E-state index contributed by atoms with van der Waals surface area (Å²) < 4.78 is 10.8. The molecule has 2 aliphatic rings. The highest BCUT2D eigenvalue weighted by atomic mass is 28.3. The maximum atomic E-state index is 5.39. The summed E-state index contributed by atoms with van der Waals surface area (Å²) in [7, 11) is -2.03. The highest BCUT2D eigenvalue weighted by molar-refractivity contribution is 7.10. The SMILES string of the molecule is C[Si](c1ccccc1)(c1ccc(CC2CO2)cc1)c1ccc(CC2CO2)cc1. The fourth-order valence-corrected chi connectivity index (χ4v) is 7.64. The van der Waals surface area contributed by atoms with Crippen LogP contribution in [0.4, 0.5) is 0 Å². The van der Waals surface area contributed by atoms with Crippen molar-refractivity contribution in [2.24, 2.45) is 0 Å². The molecule has 2 aliphatic heterocycles. The van der Waals surface area contributed by atoms with Crippen LogP contribution in [0.25, 0.3) is 0 Å². The Hall–Kier alpha value is -2.20. The van der Waals surface area contributed by atoms with Crippen molar-refractivity contribution in [1.29, 1.82) is 0 Å². The Labute approximate surface area is 168 Å². The average molecular weight is 387 g/mol. The van der Waals surface area contributed by atoms with E-state index < -0.39 is 8.07 Å². The first kappa shape index (κ1) is 17.9. The third-order valence-corrected chi connectivity index (χ3v) is 10.6. The fraction of sp³-hybridized carbons (Fsp3) is 0.280. The van der Waals surface area contributed by atoms with Crippen molar-refractivity contribution < 1.29 is 9.47 Å². The normalized spacial score (nSPS) is 22.5. The molecule has 2 nitrogen and oxygen atoms in total. The quantitative estimate of drug-likeness (QED) is 0.354. The summed E-state index contributed by atoms with van der Waals surface area (Å²) >= 11 is 0. The number of hydrogen-bond donors (Lipinski definition) is 0. The lowest BCUT2D eigenvalue weighted by Gasteiger charge is -2.30. The predicted octanol–water partition coefficient (Wildman–Crippen LogP) is 2.67. The van der Waals surface area contributed by atoms with Gasteiger partial charge in [-0.3, -0.25) is 0 Å². The van der Waals surface area contributed by atoms with Crippen LogP contribution < -0.4 is 15.6 Å². The second-order valence-electron chi connectivity index (χ2n) is 8.20. The third kappa shape index (κ3) is 3.70. The maximum Gasteiger partial charge on any atom is 0.145 e. The molecule has 0 aromatic heterocycles. The number of rotatable bonds is 7. The number of ether oxygens (including phenoxy) is 2. The Morgan fingerprint density at radius 1 is 0.643 bits per heavy atom. The van der Waals surface area contributed by atoms with Crippen LogP contribution in [0.5, 0.6) is 0 Å². The highest BCUT2D eigenvalue weighted by Crippen LogP contribution is 2.18. The summed E-state index contributed by atoms with van der Waals surface area (Å²) in [6, 6.07) is 29.6. The van der Waals surface area contributed by atoms with E-state index in [1.165, 1.54) is 26.7 Å². The molecular formula is C25H26O2Si. The van der Waals surface area contributed by atoms with Gasteiger partial charge in [0.15, 0.2) is 0 Å². The summed E-state index contributed by atoms with van der Waals surface area (Å²) in [5, 5.41) is 4.36. The van der Waals surface area contributed by atoms with Crippen LogP contribution in [0.15, 0.2) is 78.9 Å². The molecule has 0 bridgehead atoms. The molecule has 0 spiro atoms. The molecule has 2 atom stereocenters. The van der Waals surface area contributed by atoms with Gasteiger partial charge in [0.05, 0.1) is 25.4 Å². The summed E-state index contributed by atoms with van der Waals surface area (Å²) in [6.45, 7) is 4.30. The van der Waals surface area contributed by atoms with Gasteiger partial charge in [-0.15, -0.1) is 0 Å². The van der Waals surface area contributed by atoms with Gasteiger partial charge < -0.3 is 9.47 Å². The van der Waals surface area contributed by atoms with Gasteiger partial charge >= 0.3 is 0 Å². The zero-order valence-electron chi connectivity index (χ0n) is 16.3. The Kier molecular flexibility index (Phi) is 4.67. The molecule has 5 rings (SSSR count). The second kappa shape index (κ2) is 7.32. The van der Waals surface area contributed by atoms with Gasteiger partial charge in [-0.2, -0.15) is 0 Å². The van der Waals surface area contributed by atoms with Gasteiger partial charge in [0.2, 0.25) is 0 Å². The first-order valence-corrected chi connectivity index (χ1v) is 12.7. The van der Waals surface area contributed by atoms with Crippen LogP contribution in [0.3, 0.4) is 0 Å². The van der Waals surface area contributed by atoms with Gasteiger partial charge in [0.25, 0.3) is 0 Å². The van der Waals surface area contributed by atoms with E-state index in [-0.39, 0.29) is 0 Å². The lowest BCUT2D eigenvalue weighted by atomic mass is 10.1. The summed E-state index contributed by atoms with van der Waals surface area (Å²) in [5.74, 6) is 0. The monoisotopic (exact) mass is 386 g/mol. The molecule has 0 N–H and O–H groups in total. The Balaban J connectivity index is 1.51. The number of epoxide rings is 2. The van der Waals surface area contributed by atoms with E-state index in [4.69, 9.17) is 9.47 Å². The Morgan fingerprint density at radius 3 is 1.43 bits per heavy atom. The fourth-order valence-electron chi connectivity index (χ4n) is 4.12. The van der Waals surface area contributed by atoms with Crippen molar-refractivity contribution in [2.45, 2.75) is 31.6 Å². The molecular weight excluding hydrogens is 360 g/mol. The van der Waals surface area contributed by atoms with Crippen molar-refractivity contribution in [1.82, 2.24) is 0 Å². The maximum absolute atomic E-state index is 5.39. The minimum atomic E-state index is -2.03. The van der Waals surface area contributed by atoms with Gasteiger partial charge in [-0.25, -0.2) is 0 Å². The van der Waals surface area contributed by atoms with Gasteiger partial charge in [0, 0.05) is 12.8 Å². The number of benzene rings is 3. The van der Waals surface area contributed by atoms with Crippen molar-refractivity contribution in [3.63, 3.8) is 0 Å². The largest absolute Gasteiger partial charge is 0.373 e. The topological polar surface area (TPSA) is 25.1 Å². The van der Waals surface area contributed by atoms with Crippen molar-refractivity contribution >= 4 is 23.6 Å². The summed E-state index contributed by atoms with van der Waals surface area (Å²) in [5.41, 5.74) is 2.74. The van der Waals surface area contributed by atoms with Crippen LogP contribution in [-0.2, 0) is 22.3 Å². The molecule has 2 saturated heterocycles. The Morgan fingerprint density at radius 2 is 1.04 bits per heavy atom. The molecule has 2 heterocycles. The minimum Gasteiger partial charge on any atom is -0.373 e. The molecule has 142 valence electrons. The average Bonchev–Trinajstić information content (AvgIpc) is 3.67. The van der Waals surface area contributed by atoms with Crippen LogP contribution in [0, 0.1) is 0 Å². The molecule has 2 fully saturated rings. The zero-order valence-corrected chi connectivity index (χ0v) is 17.3. The van der Waals surface area contributed by atoms with Crippen LogP contribution in [0.2, 0.25) is 6.55 Å². The van der Waals surface area contributed by atoms with E-state index in [0.717, 1.165) is 26.1 Å². The van der Waals surface area contributed by atoms with Crippen LogP contribution >= 0.6 is 0 Å². The standard InChI is InChI=1S/C25H26O2Si/c1-28(23-5-3-2-4-6-23,24-11-7-19(8-12-24)15-21-17-26-21)25-13-9-20(10-14-25)16-22-18-27-22/h2-14,21-22H,15-18H2,1H3. The first-order chi connectivity index (χ1) is 13.7. The smallest absolute Gasteiger partial charge is 0.145 e. The Bertz CT molecular complexity index is 869. The van der Waals surface area contributed by atoms with E-state index >= 15 is 0 Å². The highest BCUT2D eigenvalue weighted by Gasteiger charge is 2.34. The van der Waals surface area contributed by atoms with Gasteiger partial charge in [0.1, 0.15) is 8.07 Å². The molecule has 28 heavy (non-hydrogen) atoms. The molecule has 0 saturated carbocycles. The molecule has 3 aromatic carbocycles.